The molecule has 0 N–H and O–H groups in total. The molecule has 0 aliphatic heterocycles. The minimum Gasteiger partial charge on any atom is -0.494 e. The lowest BCUT2D eigenvalue weighted by atomic mass is 10.1. The van der Waals surface area contributed by atoms with Crippen molar-refractivity contribution < 1.29 is 31.9 Å². The largest absolute Gasteiger partial charge is 0.494 e. The van der Waals surface area contributed by atoms with Crippen molar-refractivity contribution in [2.24, 2.45) is 0 Å². The molecular weight excluding hydrogens is 554 g/mol. The van der Waals surface area contributed by atoms with Gasteiger partial charge in [0, 0.05) is 13.0 Å². The molecule has 1 atom stereocenters. The SMILES string of the molecule is CCOc1ccc(-n2c(C(C)N(CCC(C)=O)C(=O)Cc3ccc(F)c(C(F)(F)F)c3)nc3ccccc3c2=O)cc1. The Kier molecular flexibility index (Phi) is 9.08. The second kappa shape index (κ2) is 12.5. The van der Waals surface area contributed by atoms with E-state index in [4.69, 9.17) is 9.72 Å². The monoisotopic (exact) mass is 583 g/mol. The average molecular weight is 584 g/mol. The van der Waals surface area contributed by atoms with Gasteiger partial charge in [-0.3, -0.25) is 19.0 Å². The van der Waals surface area contributed by atoms with E-state index in [2.05, 4.69) is 0 Å². The lowest BCUT2D eigenvalue weighted by Crippen LogP contribution is -2.39. The topological polar surface area (TPSA) is 81.5 Å². The number of Topliss-reactive ketones (excluding diaryl/α,β-unsaturated/α-hetero) is 1. The van der Waals surface area contributed by atoms with Gasteiger partial charge in [-0.25, -0.2) is 9.37 Å². The number of amides is 1. The molecular formula is C31H29F4N3O4. The summed E-state index contributed by atoms with van der Waals surface area (Å²) in [5, 5.41) is 0.343. The highest BCUT2D eigenvalue weighted by Gasteiger charge is 2.35. The Hall–Kier alpha value is -4.54. The van der Waals surface area contributed by atoms with Crippen LogP contribution in [0, 0.1) is 5.82 Å². The van der Waals surface area contributed by atoms with E-state index in [1.165, 1.54) is 16.4 Å². The van der Waals surface area contributed by atoms with Crippen molar-refractivity contribution >= 4 is 22.6 Å². The Bertz CT molecular complexity index is 1670. The maximum absolute atomic E-state index is 13.9. The number of ether oxygens (including phenoxy) is 1. The summed E-state index contributed by atoms with van der Waals surface area (Å²) in [6.45, 7) is 5.20. The molecule has 4 rings (SSSR count). The van der Waals surface area contributed by atoms with Crippen LogP contribution in [0.4, 0.5) is 17.6 Å². The predicted octanol–water partition coefficient (Wildman–Crippen LogP) is 6.05. The van der Waals surface area contributed by atoms with Gasteiger partial charge in [0.2, 0.25) is 5.91 Å². The fourth-order valence-corrected chi connectivity index (χ4v) is 4.67. The summed E-state index contributed by atoms with van der Waals surface area (Å²) in [6, 6.07) is 15.0. The van der Waals surface area contributed by atoms with E-state index in [0.29, 0.717) is 41.1 Å². The first-order valence-electron chi connectivity index (χ1n) is 13.3. The van der Waals surface area contributed by atoms with E-state index in [9.17, 15) is 31.9 Å². The minimum atomic E-state index is -4.94. The molecule has 1 amide bonds. The number of hydrogen-bond donors (Lipinski definition) is 0. The highest BCUT2D eigenvalue weighted by Crippen LogP contribution is 2.32. The fourth-order valence-electron chi connectivity index (χ4n) is 4.67. The van der Waals surface area contributed by atoms with E-state index in [1.54, 1.807) is 55.5 Å². The second-order valence-corrected chi connectivity index (χ2v) is 9.76. The average Bonchev–Trinajstić information content (AvgIpc) is 2.94. The number of carbonyl (C=O) groups excluding carboxylic acids is 2. The van der Waals surface area contributed by atoms with Crippen LogP contribution < -0.4 is 10.3 Å². The molecule has 0 fully saturated rings. The predicted molar refractivity (Wildman–Crippen MR) is 149 cm³/mol. The maximum Gasteiger partial charge on any atom is 0.419 e. The molecule has 0 aliphatic carbocycles. The van der Waals surface area contributed by atoms with Crippen LogP contribution in [-0.4, -0.2) is 39.3 Å². The van der Waals surface area contributed by atoms with Crippen molar-refractivity contribution in [3.05, 3.63) is 99.9 Å². The molecule has 7 nitrogen and oxygen atoms in total. The van der Waals surface area contributed by atoms with Gasteiger partial charge in [-0.2, -0.15) is 13.2 Å². The summed E-state index contributed by atoms with van der Waals surface area (Å²) in [7, 11) is 0. The summed E-state index contributed by atoms with van der Waals surface area (Å²) in [6.07, 6.45) is -5.46. The Morgan fingerprint density at radius 3 is 2.38 bits per heavy atom. The van der Waals surface area contributed by atoms with Gasteiger partial charge in [-0.15, -0.1) is 0 Å². The molecule has 4 aromatic rings. The summed E-state index contributed by atoms with van der Waals surface area (Å²) >= 11 is 0. The number of hydrogen-bond acceptors (Lipinski definition) is 5. The molecule has 220 valence electrons. The van der Waals surface area contributed by atoms with Crippen LogP contribution in [0.1, 0.15) is 50.2 Å². The highest BCUT2D eigenvalue weighted by atomic mass is 19.4. The van der Waals surface area contributed by atoms with Gasteiger partial charge in [0.1, 0.15) is 23.2 Å². The zero-order valence-corrected chi connectivity index (χ0v) is 23.2. The Morgan fingerprint density at radius 2 is 1.74 bits per heavy atom. The number of benzene rings is 3. The zero-order chi connectivity index (χ0) is 30.6. The molecule has 0 bridgehead atoms. The van der Waals surface area contributed by atoms with Crippen molar-refractivity contribution in [3.8, 4) is 11.4 Å². The van der Waals surface area contributed by atoms with E-state index in [-0.39, 0.29) is 35.7 Å². The second-order valence-electron chi connectivity index (χ2n) is 9.76. The maximum atomic E-state index is 13.9. The summed E-state index contributed by atoms with van der Waals surface area (Å²) < 4.78 is 60.6. The number of rotatable bonds is 10. The third-order valence-electron chi connectivity index (χ3n) is 6.77. The van der Waals surface area contributed by atoms with Crippen LogP contribution in [-0.2, 0) is 22.2 Å². The van der Waals surface area contributed by atoms with Crippen molar-refractivity contribution in [2.45, 2.75) is 45.8 Å². The number of aromatic nitrogens is 2. The molecule has 1 aromatic heterocycles. The number of ketones is 1. The van der Waals surface area contributed by atoms with Crippen molar-refractivity contribution in [2.75, 3.05) is 13.2 Å². The number of fused-ring (bicyclic) bond motifs is 1. The van der Waals surface area contributed by atoms with Crippen LogP contribution in [0.2, 0.25) is 0 Å². The van der Waals surface area contributed by atoms with Crippen molar-refractivity contribution in [1.82, 2.24) is 14.5 Å². The number of carbonyl (C=O) groups is 2. The van der Waals surface area contributed by atoms with Gasteiger partial charge in [0.25, 0.3) is 5.56 Å². The van der Waals surface area contributed by atoms with Gasteiger partial charge in [0.15, 0.2) is 0 Å². The molecule has 0 radical (unpaired) electrons. The Labute approximate surface area is 239 Å². The number of nitrogens with zero attached hydrogens (tertiary/aromatic N) is 3. The Morgan fingerprint density at radius 1 is 1.05 bits per heavy atom. The van der Waals surface area contributed by atoms with Crippen molar-refractivity contribution in [3.63, 3.8) is 0 Å². The lowest BCUT2D eigenvalue weighted by Gasteiger charge is -2.30. The van der Waals surface area contributed by atoms with Crippen LogP contribution in [0.5, 0.6) is 5.75 Å². The molecule has 1 heterocycles. The van der Waals surface area contributed by atoms with E-state index in [1.807, 2.05) is 6.92 Å². The van der Waals surface area contributed by atoms with Gasteiger partial charge in [0.05, 0.1) is 41.2 Å². The number of halogens is 4. The molecule has 0 aliphatic rings. The third kappa shape index (κ3) is 6.67. The first-order valence-corrected chi connectivity index (χ1v) is 13.3. The zero-order valence-electron chi connectivity index (χ0n) is 23.2. The molecule has 3 aromatic carbocycles. The van der Waals surface area contributed by atoms with Gasteiger partial charge in [-0.05, 0) is 74.9 Å². The van der Waals surface area contributed by atoms with Gasteiger partial charge < -0.3 is 9.64 Å². The van der Waals surface area contributed by atoms with Gasteiger partial charge in [-0.1, -0.05) is 18.2 Å². The van der Waals surface area contributed by atoms with E-state index < -0.39 is 35.9 Å². The summed E-state index contributed by atoms with van der Waals surface area (Å²) in [5.74, 6) is -1.50. The smallest absolute Gasteiger partial charge is 0.419 e. The summed E-state index contributed by atoms with van der Waals surface area (Å²) in [4.78, 5) is 45.3. The number of alkyl halides is 3. The van der Waals surface area contributed by atoms with Crippen LogP contribution >= 0.6 is 0 Å². The summed E-state index contributed by atoms with van der Waals surface area (Å²) in [5.41, 5.74) is -1.07. The van der Waals surface area contributed by atoms with Crippen LogP contribution in [0.25, 0.3) is 16.6 Å². The first-order chi connectivity index (χ1) is 19.9. The molecule has 42 heavy (non-hydrogen) atoms. The highest BCUT2D eigenvalue weighted by molar-refractivity contribution is 5.81. The molecule has 1 unspecified atom stereocenters. The van der Waals surface area contributed by atoms with Crippen molar-refractivity contribution in [1.29, 1.82) is 0 Å². The molecule has 0 saturated carbocycles. The van der Waals surface area contributed by atoms with Crippen LogP contribution in [0.15, 0.2) is 71.5 Å². The lowest BCUT2D eigenvalue weighted by molar-refractivity contribution is -0.140. The molecule has 11 heteroatoms. The molecule has 0 saturated heterocycles. The fraction of sp³-hybridized carbons (Fsp3) is 0.290. The van der Waals surface area contributed by atoms with Crippen LogP contribution in [0.3, 0.4) is 0 Å². The Balaban J connectivity index is 1.81. The molecule has 0 spiro atoms. The standard InChI is InChI=1S/C31H29F4N3O4/c1-4-42-23-12-10-22(11-13-23)38-29(36-27-8-6-5-7-24(27)30(38)41)20(3)37(16-15-19(2)39)28(40)18-21-9-14-26(32)25(17-21)31(33,34)35/h5-14,17,20H,4,15-16,18H2,1-3H3. The normalized spacial score (nSPS) is 12.3. The third-order valence-corrected chi connectivity index (χ3v) is 6.77. The van der Waals surface area contributed by atoms with E-state index >= 15 is 0 Å². The van der Waals surface area contributed by atoms with E-state index in [0.717, 1.165) is 6.07 Å². The van der Waals surface area contributed by atoms with Gasteiger partial charge >= 0.3 is 6.18 Å². The first kappa shape index (κ1) is 30.4. The number of para-hydroxylation sites is 1. The minimum absolute atomic E-state index is 0.0336. The quantitative estimate of drug-likeness (QED) is 0.212.